The van der Waals surface area contributed by atoms with Gasteiger partial charge in [-0.2, -0.15) is 18.4 Å². The fourth-order valence-electron chi connectivity index (χ4n) is 7.52. The molecule has 0 bridgehead atoms. The van der Waals surface area contributed by atoms with E-state index in [0.717, 1.165) is 72.9 Å². The van der Waals surface area contributed by atoms with Gasteiger partial charge in [0.05, 0.1) is 35.4 Å². The van der Waals surface area contributed by atoms with Gasteiger partial charge in [-0.3, -0.25) is 0 Å². The molecule has 8 aromatic carbocycles. The van der Waals surface area contributed by atoms with Gasteiger partial charge in [-0.15, -0.1) is 0 Å². The number of nitriles is 1. The molecule has 1 aliphatic rings. The molecule has 0 saturated carbocycles. The summed E-state index contributed by atoms with van der Waals surface area (Å²) in [5, 5.41) is 12.7. The molecule has 0 spiro atoms. The Labute approximate surface area is 380 Å². The predicted molar refractivity (Wildman–Crippen MR) is 253 cm³/mol. The lowest BCUT2D eigenvalue weighted by Crippen LogP contribution is -2.07. The van der Waals surface area contributed by atoms with Gasteiger partial charge in [0.15, 0.2) is 0 Å². The second-order valence-electron chi connectivity index (χ2n) is 15.5. The molecule has 0 atom stereocenters. The molecule has 0 saturated heterocycles. The van der Waals surface area contributed by atoms with Gasteiger partial charge < -0.3 is 19.1 Å². The van der Waals surface area contributed by atoms with Gasteiger partial charge in [-0.1, -0.05) is 59.5 Å². The van der Waals surface area contributed by atoms with Crippen LogP contribution in [0.5, 0.6) is 17.2 Å². The zero-order chi connectivity index (χ0) is 45.8. The van der Waals surface area contributed by atoms with Crippen molar-refractivity contribution in [3.8, 4) is 81.8 Å². The summed E-state index contributed by atoms with van der Waals surface area (Å²) in [4.78, 5) is 2.03. The molecule has 0 radical (unpaired) electrons. The average molecular weight is 865 g/mol. The highest BCUT2D eigenvalue weighted by molar-refractivity contribution is 6.12. The lowest BCUT2D eigenvalue weighted by Gasteiger charge is -2.17. The maximum absolute atomic E-state index is 13.3. The number of alkyl halides is 3. The number of ether oxygens (including phenoxy) is 3. The summed E-state index contributed by atoms with van der Waals surface area (Å²) in [5.74, 6) is 27.9. The molecule has 8 aromatic rings. The number of fused-ring (bicyclic) bond motifs is 7. The van der Waals surface area contributed by atoms with Crippen LogP contribution in [0.2, 0.25) is 0 Å². The van der Waals surface area contributed by atoms with Gasteiger partial charge in [0.2, 0.25) is 6.79 Å². The van der Waals surface area contributed by atoms with Crippen LogP contribution in [0.1, 0.15) is 55.6 Å². The van der Waals surface area contributed by atoms with Gasteiger partial charge in [-0.05, 0) is 155 Å². The zero-order valence-corrected chi connectivity index (χ0v) is 35.8. The van der Waals surface area contributed by atoms with Crippen LogP contribution in [0.4, 0.5) is 18.9 Å². The number of nitrogens with zero attached hydrogens (tertiary/aromatic N) is 2. The number of anilines is 1. The fraction of sp³-hybridized carbons (Fsp3) is 0.0862. The summed E-state index contributed by atoms with van der Waals surface area (Å²) < 4.78 is 58.2. The first-order valence-electron chi connectivity index (χ1n) is 20.7. The van der Waals surface area contributed by atoms with Crippen LogP contribution in [0.15, 0.2) is 146 Å². The number of hydrogen-bond acceptors (Lipinski definition) is 5. The average Bonchev–Trinajstić information content (AvgIpc) is 3.55. The molecule has 0 fully saturated rings. The highest BCUT2D eigenvalue weighted by Gasteiger charge is 2.30. The molecular formula is C58H35F3N2O3. The summed E-state index contributed by atoms with van der Waals surface area (Å²) in [5.41, 5.74) is 7.83. The Bertz CT molecular complexity index is 3500. The van der Waals surface area contributed by atoms with Crippen LogP contribution in [0, 0.1) is 58.7 Å². The van der Waals surface area contributed by atoms with Crippen LogP contribution < -0.4 is 19.1 Å². The highest BCUT2D eigenvalue weighted by Crippen LogP contribution is 2.50. The SMILES string of the molecule is COc1ccc(C#Cc2ccc3c4c(c(C#Cc5ccc(N(C)C)cc5)cc3c2)OCOc2c(C#Cc3ccc(C#N)cc3)cc3cc(C#Cc5ccc(C(F)(F)F)cc5)ccc3c2-4)cc1. The number of hydrogen-bond donors (Lipinski definition) is 0. The summed E-state index contributed by atoms with van der Waals surface area (Å²) in [6.45, 7) is -0.128. The van der Waals surface area contributed by atoms with E-state index in [2.05, 4.69) is 53.4 Å². The number of rotatable bonds is 2. The van der Waals surface area contributed by atoms with Crippen molar-refractivity contribution in [2.75, 3.05) is 32.9 Å². The van der Waals surface area contributed by atoms with Crippen molar-refractivity contribution in [1.82, 2.24) is 0 Å². The first-order valence-corrected chi connectivity index (χ1v) is 20.7. The topological polar surface area (TPSA) is 54.7 Å². The third kappa shape index (κ3) is 9.07. The van der Waals surface area contributed by atoms with E-state index in [1.54, 1.807) is 31.4 Å². The summed E-state index contributed by atoms with van der Waals surface area (Å²) in [6, 6.07) is 45.3. The number of halogens is 3. The first-order chi connectivity index (χ1) is 32.0. The third-order valence-electron chi connectivity index (χ3n) is 10.9. The Hall–Kier alpha value is -9.00. The second-order valence-corrected chi connectivity index (χ2v) is 15.5. The van der Waals surface area contributed by atoms with Crippen molar-refractivity contribution in [3.05, 3.63) is 201 Å². The van der Waals surface area contributed by atoms with Crippen LogP contribution >= 0.6 is 0 Å². The molecular weight excluding hydrogens is 830 g/mol. The van der Waals surface area contributed by atoms with Crippen molar-refractivity contribution >= 4 is 27.2 Å². The van der Waals surface area contributed by atoms with E-state index in [9.17, 15) is 18.4 Å². The quantitative estimate of drug-likeness (QED) is 0.162. The lowest BCUT2D eigenvalue weighted by atomic mass is 9.88. The first kappa shape index (κ1) is 42.3. The molecule has 9 rings (SSSR count). The van der Waals surface area contributed by atoms with E-state index in [1.165, 1.54) is 12.1 Å². The minimum Gasteiger partial charge on any atom is -0.497 e. The van der Waals surface area contributed by atoms with Gasteiger partial charge in [0.25, 0.3) is 0 Å². The van der Waals surface area contributed by atoms with Crippen LogP contribution in [-0.2, 0) is 6.18 Å². The Kier molecular flexibility index (Phi) is 11.5. The molecule has 1 aliphatic heterocycles. The van der Waals surface area contributed by atoms with Crippen molar-refractivity contribution in [2.24, 2.45) is 0 Å². The maximum Gasteiger partial charge on any atom is 0.416 e. The van der Waals surface area contributed by atoms with E-state index in [-0.39, 0.29) is 6.79 Å². The Morgan fingerprint density at radius 2 is 0.894 bits per heavy atom. The Balaban J connectivity index is 1.26. The van der Waals surface area contributed by atoms with Gasteiger partial charge >= 0.3 is 6.18 Å². The van der Waals surface area contributed by atoms with Crippen LogP contribution in [0.3, 0.4) is 0 Å². The predicted octanol–water partition coefficient (Wildman–Crippen LogP) is 12.0. The smallest absolute Gasteiger partial charge is 0.416 e. The van der Waals surface area contributed by atoms with Crippen molar-refractivity contribution in [2.45, 2.75) is 6.18 Å². The maximum atomic E-state index is 13.3. The molecule has 0 unspecified atom stereocenters. The van der Waals surface area contributed by atoms with E-state index in [1.807, 2.05) is 116 Å². The summed E-state index contributed by atoms with van der Waals surface area (Å²) in [7, 11) is 5.61. The molecule has 1 heterocycles. The fourth-order valence-corrected chi connectivity index (χ4v) is 7.52. The second kappa shape index (κ2) is 18.0. The molecule has 0 amide bonds. The molecule has 8 heteroatoms. The number of methoxy groups -OCH3 is 1. The molecule has 0 N–H and O–H groups in total. The minimum atomic E-state index is -4.44. The third-order valence-corrected chi connectivity index (χ3v) is 10.9. The molecule has 316 valence electrons. The highest BCUT2D eigenvalue weighted by atomic mass is 19.4. The standard InChI is InChI=1S/C58H35F3N2O3/c1-63(2)50-26-16-41(17-27-50)13-23-46-35-48-33-43(9-5-40-18-28-51(64-3)29-19-40)21-31-53(48)55-54-52-30-20-42(8-4-39-14-24-49(25-15-39)58(59,60)61)32-47(52)34-45(56(54)65-37-66-57(46)55)22-12-38-6-10-44(36-62)11-7-38/h6-7,10-11,14-21,24-35H,37H2,1-3H3. The van der Waals surface area contributed by atoms with E-state index in [4.69, 9.17) is 14.2 Å². The van der Waals surface area contributed by atoms with Gasteiger partial charge in [0.1, 0.15) is 17.2 Å². The van der Waals surface area contributed by atoms with Crippen molar-refractivity contribution in [1.29, 1.82) is 5.26 Å². The molecule has 0 aromatic heterocycles. The monoisotopic (exact) mass is 864 g/mol. The van der Waals surface area contributed by atoms with Crippen LogP contribution in [0.25, 0.3) is 32.7 Å². The molecule has 5 nitrogen and oxygen atoms in total. The summed E-state index contributed by atoms with van der Waals surface area (Å²) in [6.07, 6.45) is -4.44. The molecule has 66 heavy (non-hydrogen) atoms. The number of benzene rings is 8. The van der Waals surface area contributed by atoms with Crippen LogP contribution in [-0.4, -0.2) is 28.0 Å². The largest absolute Gasteiger partial charge is 0.497 e. The normalized spacial score (nSPS) is 11.2. The van der Waals surface area contributed by atoms with E-state index in [0.29, 0.717) is 44.9 Å². The van der Waals surface area contributed by atoms with E-state index < -0.39 is 11.7 Å². The lowest BCUT2D eigenvalue weighted by molar-refractivity contribution is -0.137. The van der Waals surface area contributed by atoms with E-state index >= 15 is 0 Å². The van der Waals surface area contributed by atoms with Gasteiger partial charge in [-0.25, -0.2) is 0 Å². The molecule has 0 aliphatic carbocycles. The van der Waals surface area contributed by atoms with Crippen molar-refractivity contribution in [3.63, 3.8) is 0 Å². The van der Waals surface area contributed by atoms with Gasteiger partial charge in [0, 0.05) is 64.3 Å². The summed E-state index contributed by atoms with van der Waals surface area (Å²) >= 11 is 0. The zero-order valence-electron chi connectivity index (χ0n) is 35.8. The Morgan fingerprint density at radius 1 is 0.500 bits per heavy atom. The minimum absolute atomic E-state index is 0.128. The Morgan fingerprint density at radius 3 is 1.33 bits per heavy atom. The van der Waals surface area contributed by atoms with Crippen molar-refractivity contribution < 1.29 is 27.4 Å².